The summed E-state index contributed by atoms with van der Waals surface area (Å²) in [4.78, 5) is 11.5. The van der Waals surface area contributed by atoms with Gasteiger partial charge in [0, 0.05) is 26.7 Å². The zero-order chi connectivity index (χ0) is 18.5. The molecule has 1 fully saturated rings. The van der Waals surface area contributed by atoms with Gasteiger partial charge in [-0.3, -0.25) is 4.79 Å². The minimum atomic E-state index is -0.319. The van der Waals surface area contributed by atoms with Gasteiger partial charge in [-0.25, -0.2) is 0 Å². The monoisotopic (exact) mass is 376 g/mol. The standard InChI is InChI=1S/C19H36O5S/c1-5-8-11-21-14-16-17(22-12-9-6-2)18(23-13-10-7-3)19(25-16)24-15(4)20/h16-19H,5-14H2,1-4H3/t16-,17-,18+,19?/m0/s1. The lowest BCUT2D eigenvalue weighted by atomic mass is 10.1. The number of rotatable bonds is 14. The fourth-order valence-electron chi connectivity index (χ4n) is 2.64. The van der Waals surface area contributed by atoms with E-state index in [-0.39, 0.29) is 28.9 Å². The van der Waals surface area contributed by atoms with Crippen LogP contribution in [-0.2, 0) is 23.7 Å². The topological polar surface area (TPSA) is 54.0 Å². The van der Waals surface area contributed by atoms with Crippen molar-refractivity contribution in [2.24, 2.45) is 0 Å². The second-order valence-electron chi connectivity index (χ2n) is 6.46. The highest BCUT2D eigenvalue weighted by Crippen LogP contribution is 2.39. The Morgan fingerprint density at radius 2 is 1.44 bits per heavy atom. The molecule has 0 radical (unpaired) electrons. The second kappa shape index (κ2) is 13.8. The maximum absolute atomic E-state index is 11.5. The Labute approximate surface area is 157 Å². The number of hydrogen-bond acceptors (Lipinski definition) is 6. The Balaban J connectivity index is 2.71. The molecule has 0 spiro atoms. The van der Waals surface area contributed by atoms with Crippen LogP contribution < -0.4 is 0 Å². The van der Waals surface area contributed by atoms with E-state index in [4.69, 9.17) is 18.9 Å². The van der Waals surface area contributed by atoms with Crippen molar-refractivity contribution in [3.8, 4) is 0 Å². The lowest BCUT2D eigenvalue weighted by Gasteiger charge is -2.26. The van der Waals surface area contributed by atoms with Crippen molar-refractivity contribution in [3.05, 3.63) is 0 Å². The molecule has 0 N–H and O–H groups in total. The van der Waals surface area contributed by atoms with Crippen LogP contribution in [0, 0.1) is 0 Å². The number of carbonyl (C=O) groups is 1. The Kier molecular flexibility index (Phi) is 12.6. The van der Waals surface area contributed by atoms with Gasteiger partial charge in [-0.05, 0) is 19.3 Å². The summed E-state index contributed by atoms with van der Waals surface area (Å²) < 4.78 is 23.6. The molecule has 1 rings (SSSR count). The van der Waals surface area contributed by atoms with Crippen molar-refractivity contribution in [2.45, 2.75) is 89.1 Å². The normalized spacial score (nSPS) is 26.1. The fraction of sp³-hybridized carbons (Fsp3) is 0.947. The molecule has 1 unspecified atom stereocenters. The lowest BCUT2D eigenvalue weighted by Crippen LogP contribution is -2.40. The summed E-state index contributed by atoms with van der Waals surface area (Å²) in [7, 11) is 0. The van der Waals surface area contributed by atoms with Crippen LogP contribution in [0.4, 0.5) is 0 Å². The maximum atomic E-state index is 11.5. The first-order valence-corrected chi connectivity index (χ1v) is 10.7. The number of ether oxygens (including phenoxy) is 4. The van der Waals surface area contributed by atoms with E-state index in [2.05, 4.69) is 20.8 Å². The van der Waals surface area contributed by atoms with Gasteiger partial charge in [0.05, 0.1) is 11.9 Å². The van der Waals surface area contributed by atoms with Gasteiger partial charge >= 0.3 is 5.97 Å². The average molecular weight is 377 g/mol. The number of thioether (sulfide) groups is 1. The minimum Gasteiger partial charge on any atom is -0.449 e. The van der Waals surface area contributed by atoms with E-state index in [1.54, 1.807) is 11.8 Å². The van der Waals surface area contributed by atoms with E-state index < -0.39 is 0 Å². The van der Waals surface area contributed by atoms with Crippen LogP contribution in [0.2, 0.25) is 0 Å². The van der Waals surface area contributed by atoms with Crippen LogP contribution in [0.1, 0.15) is 66.2 Å². The Hall–Kier alpha value is -0.300. The first-order valence-electron chi connectivity index (χ1n) is 9.77. The van der Waals surface area contributed by atoms with Gasteiger partial charge in [-0.1, -0.05) is 40.0 Å². The van der Waals surface area contributed by atoms with Gasteiger partial charge in [-0.15, -0.1) is 11.8 Å². The summed E-state index contributed by atoms with van der Waals surface area (Å²) in [6.45, 7) is 10.6. The van der Waals surface area contributed by atoms with Crippen molar-refractivity contribution in [1.82, 2.24) is 0 Å². The van der Waals surface area contributed by atoms with E-state index in [1.165, 1.54) is 6.92 Å². The number of hydrogen-bond donors (Lipinski definition) is 0. The molecule has 0 aromatic heterocycles. The summed E-state index contributed by atoms with van der Waals surface area (Å²) in [6, 6.07) is 0. The van der Waals surface area contributed by atoms with E-state index in [1.807, 2.05) is 0 Å². The molecule has 0 aliphatic carbocycles. The summed E-state index contributed by atoms with van der Waals surface area (Å²) in [6.07, 6.45) is 6.03. The van der Waals surface area contributed by atoms with E-state index in [0.29, 0.717) is 19.8 Å². The third kappa shape index (κ3) is 8.76. The molecule has 4 atom stereocenters. The highest BCUT2D eigenvalue weighted by atomic mass is 32.2. The SMILES string of the molecule is CCCCOC[C@@H]1SC(OC(C)=O)[C@H](OCCCC)[C@H]1OCCCC. The fourth-order valence-corrected chi connectivity index (χ4v) is 4.12. The molecule has 0 bridgehead atoms. The Morgan fingerprint density at radius 3 is 2.00 bits per heavy atom. The molecule has 5 nitrogen and oxygen atoms in total. The summed E-state index contributed by atoms with van der Waals surface area (Å²) in [5.41, 5.74) is -0.319. The van der Waals surface area contributed by atoms with Crippen LogP contribution in [0.15, 0.2) is 0 Å². The van der Waals surface area contributed by atoms with Gasteiger partial charge < -0.3 is 18.9 Å². The molecule has 0 aromatic rings. The molecule has 1 heterocycles. The molecular formula is C19H36O5S. The molecule has 0 saturated carbocycles. The van der Waals surface area contributed by atoms with E-state index in [9.17, 15) is 4.79 Å². The zero-order valence-electron chi connectivity index (χ0n) is 16.3. The van der Waals surface area contributed by atoms with Gasteiger partial charge in [0.1, 0.15) is 12.2 Å². The number of unbranched alkanes of at least 4 members (excludes halogenated alkanes) is 3. The first-order chi connectivity index (χ1) is 12.1. The molecule has 148 valence electrons. The molecule has 1 aliphatic heterocycles. The molecule has 1 saturated heterocycles. The van der Waals surface area contributed by atoms with Crippen molar-refractivity contribution in [1.29, 1.82) is 0 Å². The number of carbonyl (C=O) groups excluding carboxylic acids is 1. The van der Waals surface area contributed by atoms with Crippen LogP contribution in [0.3, 0.4) is 0 Å². The van der Waals surface area contributed by atoms with Crippen LogP contribution in [0.25, 0.3) is 0 Å². The summed E-state index contributed by atoms with van der Waals surface area (Å²) >= 11 is 1.61. The predicted octanol–water partition coefficient (Wildman–Crippen LogP) is 4.18. The van der Waals surface area contributed by atoms with E-state index in [0.717, 1.165) is 45.1 Å². The van der Waals surface area contributed by atoms with Crippen LogP contribution >= 0.6 is 11.8 Å². The van der Waals surface area contributed by atoms with Crippen LogP contribution in [0.5, 0.6) is 0 Å². The minimum absolute atomic E-state index is 0.0978. The van der Waals surface area contributed by atoms with Crippen molar-refractivity contribution in [3.63, 3.8) is 0 Å². The molecule has 25 heavy (non-hydrogen) atoms. The molecule has 1 aliphatic rings. The van der Waals surface area contributed by atoms with E-state index >= 15 is 0 Å². The highest BCUT2D eigenvalue weighted by molar-refractivity contribution is 8.00. The van der Waals surface area contributed by atoms with Gasteiger partial charge in [0.25, 0.3) is 0 Å². The largest absolute Gasteiger partial charge is 0.449 e. The van der Waals surface area contributed by atoms with Crippen molar-refractivity contribution >= 4 is 17.7 Å². The Bertz CT molecular complexity index is 353. The maximum Gasteiger partial charge on any atom is 0.303 e. The van der Waals surface area contributed by atoms with Gasteiger partial charge in [0.15, 0.2) is 5.44 Å². The van der Waals surface area contributed by atoms with Crippen molar-refractivity contribution in [2.75, 3.05) is 26.4 Å². The smallest absolute Gasteiger partial charge is 0.303 e. The zero-order valence-corrected chi connectivity index (χ0v) is 17.1. The molecule has 0 amide bonds. The molecule has 6 heteroatoms. The van der Waals surface area contributed by atoms with Gasteiger partial charge in [-0.2, -0.15) is 0 Å². The quantitative estimate of drug-likeness (QED) is 0.335. The first kappa shape index (κ1) is 22.7. The highest BCUT2D eigenvalue weighted by Gasteiger charge is 2.47. The van der Waals surface area contributed by atoms with Crippen LogP contribution in [-0.4, -0.2) is 55.3 Å². The lowest BCUT2D eigenvalue weighted by molar-refractivity contribution is -0.153. The molecule has 0 aromatic carbocycles. The predicted molar refractivity (Wildman–Crippen MR) is 102 cm³/mol. The second-order valence-corrected chi connectivity index (χ2v) is 7.80. The molecular weight excluding hydrogens is 340 g/mol. The third-order valence-electron chi connectivity index (χ3n) is 4.09. The third-order valence-corrected chi connectivity index (χ3v) is 5.48. The van der Waals surface area contributed by atoms with Crippen molar-refractivity contribution < 1.29 is 23.7 Å². The van der Waals surface area contributed by atoms with Gasteiger partial charge in [0.2, 0.25) is 0 Å². The summed E-state index contributed by atoms with van der Waals surface area (Å²) in [5, 5.41) is 0.129. The number of esters is 1. The average Bonchev–Trinajstić information content (AvgIpc) is 2.88. The summed E-state index contributed by atoms with van der Waals surface area (Å²) in [5.74, 6) is -0.276. The Morgan fingerprint density at radius 1 is 0.880 bits per heavy atom.